The number of nitrogens with two attached hydrogens (primary N) is 1. The van der Waals surface area contributed by atoms with E-state index in [9.17, 15) is 14.4 Å². The van der Waals surface area contributed by atoms with Crippen molar-refractivity contribution in [3.05, 3.63) is 29.3 Å². The molecule has 0 unspecified atom stereocenters. The Morgan fingerprint density at radius 1 is 1.14 bits per heavy atom. The minimum atomic E-state index is -0.606. The molecule has 1 aromatic carbocycles. The van der Waals surface area contributed by atoms with Crippen LogP contribution in [-0.2, 0) is 14.3 Å². The van der Waals surface area contributed by atoms with Gasteiger partial charge in [-0.05, 0) is 55.0 Å². The minimum absolute atomic E-state index is 0.0313. The molecule has 3 fully saturated rings. The largest absolute Gasteiger partial charge is 0.369 e. The van der Waals surface area contributed by atoms with Crippen LogP contribution in [0.4, 0.5) is 5.69 Å². The Labute approximate surface area is 221 Å². The van der Waals surface area contributed by atoms with Gasteiger partial charge in [0, 0.05) is 49.9 Å². The number of fused-ring (bicyclic) bond motifs is 1. The van der Waals surface area contributed by atoms with E-state index in [1.165, 1.54) is 0 Å². The van der Waals surface area contributed by atoms with E-state index in [0.29, 0.717) is 17.7 Å². The van der Waals surface area contributed by atoms with Crippen molar-refractivity contribution >= 4 is 23.3 Å². The normalized spacial score (nSPS) is 25.4. The lowest BCUT2D eigenvalue weighted by molar-refractivity contribution is -0.140. The first-order valence-corrected chi connectivity index (χ1v) is 14.0. The van der Waals surface area contributed by atoms with Crippen LogP contribution in [0.15, 0.2) is 18.2 Å². The maximum Gasteiger partial charge on any atom is 0.249 e. The molecule has 3 heterocycles. The van der Waals surface area contributed by atoms with Crippen molar-refractivity contribution in [1.82, 2.24) is 9.80 Å². The van der Waals surface area contributed by atoms with Gasteiger partial charge in [0.15, 0.2) is 5.78 Å². The summed E-state index contributed by atoms with van der Waals surface area (Å²) in [6.07, 6.45) is 2.46. The average Bonchev–Trinajstić information content (AvgIpc) is 3.44. The van der Waals surface area contributed by atoms with Crippen molar-refractivity contribution < 1.29 is 19.1 Å². The second kappa shape index (κ2) is 11.1. The molecule has 204 valence electrons. The molecule has 3 aliphatic rings. The summed E-state index contributed by atoms with van der Waals surface area (Å²) in [4.78, 5) is 46.4. The summed E-state index contributed by atoms with van der Waals surface area (Å²) in [7, 11) is 0. The molecule has 8 nitrogen and oxygen atoms in total. The summed E-state index contributed by atoms with van der Waals surface area (Å²) >= 11 is 0. The highest BCUT2D eigenvalue weighted by Crippen LogP contribution is 2.45. The lowest BCUT2D eigenvalue weighted by atomic mass is 9.71. The molecule has 0 aliphatic carbocycles. The van der Waals surface area contributed by atoms with Crippen LogP contribution in [0.5, 0.6) is 0 Å². The van der Waals surface area contributed by atoms with Gasteiger partial charge < -0.3 is 20.3 Å². The van der Waals surface area contributed by atoms with Crippen LogP contribution in [0.3, 0.4) is 0 Å². The maximum absolute atomic E-state index is 14.4. The fourth-order valence-corrected chi connectivity index (χ4v) is 6.36. The molecule has 3 aliphatic heterocycles. The van der Waals surface area contributed by atoms with Crippen LogP contribution in [0.1, 0.15) is 75.7 Å². The third-order valence-corrected chi connectivity index (χ3v) is 8.93. The topological polar surface area (TPSA) is 96.2 Å². The van der Waals surface area contributed by atoms with Gasteiger partial charge in [0.05, 0.1) is 12.0 Å². The number of hydrogen-bond donors (Lipinski definition) is 1. The Morgan fingerprint density at radius 2 is 1.84 bits per heavy atom. The standard InChI is InChI=1S/C29H44N4O4/c1-6-11-31-12-14-32(15-13-31)20-9-10-21(27(30)35)22(16-20)24(29(4,5)8-3)28(36)33-17-19(7-2)26-25(33)23(34)18-37-26/h9-10,16,19,24-26H,6-8,11-15,17-18H2,1-5H3,(H2,30,35)/t19-,24-,25+,26+/m0/s1. The fraction of sp³-hybridized carbons (Fsp3) is 0.690. The third-order valence-electron chi connectivity index (χ3n) is 8.93. The van der Waals surface area contributed by atoms with Gasteiger partial charge in [0.25, 0.3) is 0 Å². The smallest absolute Gasteiger partial charge is 0.249 e. The predicted molar refractivity (Wildman–Crippen MR) is 145 cm³/mol. The van der Waals surface area contributed by atoms with Gasteiger partial charge in [0.2, 0.25) is 11.8 Å². The van der Waals surface area contributed by atoms with Crippen LogP contribution in [0.25, 0.3) is 0 Å². The third kappa shape index (κ3) is 5.28. The van der Waals surface area contributed by atoms with Gasteiger partial charge in [-0.1, -0.05) is 34.6 Å². The molecule has 4 atom stereocenters. The number of rotatable bonds is 9. The molecule has 0 bridgehead atoms. The summed E-state index contributed by atoms with van der Waals surface area (Å²) < 4.78 is 5.83. The van der Waals surface area contributed by atoms with Crippen molar-refractivity contribution in [2.75, 3.05) is 50.8 Å². The molecule has 1 aromatic rings. The van der Waals surface area contributed by atoms with Gasteiger partial charge in [0.1, 0.15) is 12.6 Å². The van der Waals surface area contributed by atoms with Crippen LogP contribution in [0.2, 0.25) is 0 Å². The summed E-state index contributed by atoms with van der Waals surface area (Å²) in [5.41, 5.74) is 7.46. The van der Waals surface area contributed by atoms with E-state index in [4.69, 9.17) is 10.5 Å². The van der Waals surface area contributed by atoms with Crippen LogP contribution >= 0.6 is 0 Å². The Morgan fingerprint density at radius 3 is 2.43 bits per heavy atom. The lowest BCUT2D eigenvalue weighted by Gasteiger charge is -2.39. The number of anilines is 1. The zero-order valence-electron chi connectivity index (χ0n) is 23.2. The maximum atomic E-state index is 14.4. The Kier molecular flexibility index (Phi) is 8.29. The first-order chi connectivity index (χ1) is 17.6. The van der Waals surface area contributed by atoms with E-state index >= 15 is 0 Å². The molecule has 37 heavy (non-hydrogen) atoms. The van der Waals surface area contributed by atoms with Crippen molar-refractivity contribution in [2.24, 2.45) is 17.1 Å². The van der Waals surface area contributed by atoms with Gasteiger partial charge in [-0.25, -0.2) is 0 Å². The van der Waals surface area contributed by atoms with E-state index < -0.39 is 23.3 Å². The number of carbonyl (C=O) groups is 3. The van der Waals surface area contributed by atoms with Crippen LogP contribution in [0, 0.1) is 11.3 Å². The second-order valence-corrected chi connectivity index (χ2v) is 11.6. The first-order valence-electron chi connectivity index (χ1n) is 14.0. The summed E-state index contributed by atoms with van der Waals surface area (Å²) in [6, 6.07) is 5.20. The highest BCUT2D eigenvalue weighted by atomic mass is 16.5. The molecular weight excluding hydrogens is 468 g/mol. The van der Waals surface area contributed by atoms with E-state index in [1.54, 1.807) is 11.0 Å². The molecule has 0 radical (unpaired) electrons. The zero-order chi connectivity index (χ0) is 26.9. The van der Waals surface area contributed by atoms with Crippen LogP contribution < -0.4 is 10.6 Å². The SMILES string of the molecule is CCCN1CCN(c2ccc(C(N)=O)c([C@@H](C(=O)N3C[C@H](CC)[C@H]4OCC(=O)[C@H]43)C(C)(C)CC)c2)CC1. The highest BCUT2D eigenvalue weighted by Gasteiger charge is 2.54. The molecule has 0 saturated carbocycles. The second-order valence-electron chi connectivity index (χ2n) is 11.6. The van der Waals surface area contributed by atoms with E-state index in [0.717, 1.165) is 57.7 Å². The fourth-order valence-electron chi connectivity index (χ4n) is 6.36. The molecule has 8 heteroatoms. The Hall–Kier alpha value is -2.45. The number of hydrogen-bond acceptors (Lipinski definition) is 6. The zero-order valence-corrected chi connectivity index (χ0v) is 23.2. The number of primary amides is 1. The number of nitrogens with zero attached hydrogens (tertiary/aromatic N) is 3. The number of likely N-dealkylation sites (tertiary alicyclic amines) is 1. The number of amides is 2. The van der Waals surface area contributed by atoms with Crippen molar-refractivity contribution in [3.63, 3.8) is 0 Å². The van der Waals surface area contributed by atoms with Gasteiger partial charge in [-0.15, -0.1) is 0 Å². The number of Topliss-reactive ketones (excluding diaryl/α,β-unsaturated/α-hetero) is 1. The molecule has 0 spiro atoms. The van der Waals surface area contributed by atoms with E-state index in [2.05, 4.69) is 44.4 Å². The highest BCUT2D eigenvalue weighted by molar-refractivity contribution is 5.99. The summed E-state index contributed by atoms with van der Waals surface area (Å²) in [5.74, 6) is -1.15. The Balaban J connectivity index is 1.73. The molecule has 2 amide bonds. The molecule has 0 aromatic heterocycles. The summed E-state index contributed by atoms with van der Waals surface area (Å²) in [5, 5.41) is 0. The van der Waals surface area contributed by atoms with Gasteiger partial charge in [-0.3, -0.25) is 19.3 Å². The summed E-state index contributed by atoms with van der Waals surface area (Å²) in [6.45, 7) is 15.9. The first kappa shape index (κ1) is 27.6. The molecule has 4 rings (SSSR count). The Bertz CT molecular complexity index is 1020. The van der Waals surface area contributed by atoms with Gasteiger partial charge >= 0.3 is 0 Å². The number of ketones is 1. The van der Waals surface area contributed by atoms with E-state index in [1.807, 2.05) is 12.1 Å². The number of carbonyl (C=O) groups excluding carboxylic acids is 3. The van der Waals surface area contributed by atoms with Crippen molar-refractivity contribution in [1.29, 1.82) is 0 Å². The van der Waals surface area contributed by atoms with Crippen molar-refractivity contribution in [2.45, 2.75) is 71.9 Å². The molecule has 3 saturated heterocycles. The van der Waals surface area contributed by atoms with Crippen LogP contribution in [-0.4, -0.2) is 85.4 Å². The number of benzene rings is 1. The average molecular weight is 513 g/mol. The number of ether oxygens (including phenoxy) is 1. The van der Waals surface area contributed by atoms with Gasteiger partial charge in [-0.2, -0.15) is 0 Å². The number of piperazine rings is 1. The molecule has 2 N–H and O–H groups in total. The minimum Gasteiger partial charge on any atom is -0.369 e. The molecular formula is C29H44N4O4. The lowest BCUT2D eigenvalue weighted by Crippen LogP contribution is -2.48. The monoisotopic (exact) mass is 512 g/mol. The van der Waals surface area contributed by atoms with Crippen molar-refractivity contribution in [3.8, 4) is 0 Å². The quantitative estimate of drug-likeness (QED) is 0.546. The predicted octanol–water partition coefficient (Wildman–Crippen LogP) is 3.04. The van der Waals surface area contributed by atoms with E-state index in [-0.39, 0.29) is 30.3 Å².